The van der Waals surface area contributed by atoms with Crippen molar-refractivity contribution in [3.8, 4) is 5.75 Å². The Morgan fingerprint density at radius 3 is 2.73 bits per heavy atom. The lowest BCUT2D eigenvalue weighted by atomic mass is 10.2. The Morgan fingerprint density at radius 2 is 2.20 bits per heavy atom. The van der Waals surface area contributed by atoms with Crippen LogP contribution >= 0.6 is 0 Å². The van der Waals surface area contributed by atoms with E-state index in [0.29, 0.717) is 13.0 Å². The predicted molar refractivity (Wildman–Crippen MR) is 53.6 cm³/mol. The van der Waals surface area contributed by atoms with Crippen molar-refractivity contribution in [1.29, 1.82) is 0 Å². The van der Waals surface area contributed by atoms with Crippen molar-refractivity contribution in [1.82, 2.24) is 0 Å². The molecule has 0 aromatic heterocycles. The Labute approximate surface area is 86.8 Å². The average molecular weight is 213 g/mol. The molecule has 0 saturated heterocycles. The molecule has 1 aromatic rings. The molecule has 0 aliphatic heterocycles. The molecule has 0 saturated carbocycles. The molecule has 0 atom stereocenters. The molecule has 0 bridgehead atoms. The Balaban J connectivity index is 3.10. The van der Waals surface area contributed by atoms with Crippen molar-refractivity contribution < 1.29 is 14.1 Å². The zero-order valence-electron chi connectivity index (χ0n) is 8.62. The third-order valence-electron chi connectivity index (χ3n) is 1.90. The summed E-state index contributed by atoms with van der Waals surface area (Å²) in [5, 5.41) is 10.7. The molecule has 0 amide bonds. The van der Waals surface area contributed by atoms with Crippen LogP contribution < -0.4 is 4.74 Å². The fraction of sp³-hybridized carbons (Fsp3) is 0.400. The first-order valence-corrected chi connectivity index (χ1v) is 4.63. The van der Waals surface area contributed by atoms with Crippen LogP contribution in [-0.4, -0.2) is 11.5 Å². The molecule has 0 heterocycles. The zero-order valence-corrected chi connectivity index (χ0v) is 8.62. The van der Waals surface area contributed by atoms with Crippen molar-refractivity contribution in [3.05, 3.63) is 33.6 Å². The van der Waals surface area contributed by atoms with E-state index in [0.717, 1.165) is 6.07 Å². The van der Waals surface area contributed by atoms with Gasteiger partial charge in [0.25, 0.3) is 0 Å². The van der Waals surface area contributed by atoms with E-state index in [9.17, 15) is 14.5 Å². The maximum atomic E-state index is 13.1. The van der Waals surface area contributed by atoms with Crippen LogP contribution in [0.3, 0.4) is 0 Å². The molecule has 0 spiro atoms. The van der Waals surface area contributed by atoms with Gasteiger partial charge in [-0.2, -0.15) is 0 Å². The molecule has 0 unspecified atom stereocenters. The summed E-state index contributed by atoms with van der Waals surface area (Å²) in [7, 11) is 0. The monoisotopic (exact) mass is 213 g/mol. The number of nitro groups is 1. The lowest BCUT2D eigenvalue weighted by Crippen LogP contribution is -2.01. The lowest BCUT2D eigenvalue weighted by Gasteiger charge is -2.06. The summed E-state index contributed by atoms with van der Waals surface area (Å²) in [6, 6.07) is 2.24. The fourth-order valence-electron chi connectivity index (χ4n) is 1.12. The normalized spacial score (nSPS) is 10.1. The van der Waals surface area contributed by atoms with E-state index in [2.05, 4.69) is 0 Å². The molecular weight excluding hydrogens is 201 g/mol. The maximum absolute atomic E-state index is 13.1. The molecular formula is C10H12FNO3. The second-order valence-electron chi connectivity index (χ2n) is 3.17. The van der Waals surface area contributed by atoms with Gasteiger partial charge >= 0.3 is 5.69 Å². The van der Waals surface area contributed by atoms with Crippen molar-refractivity contribution in [2.24, 2.45) is 0 Å². The topological polar surface area (TPSA) is 52.4 Å². The molecule has 5 heteroatoms. The van der Waals surface area contributed by atoms with Crippen molar-refractivity contribution in [2.45, 2.75) is 20.3 Å². The number of nitrogens with zero attached hydrogens (tertiary/aromatic N) is 1. The highest BCUT2D eigenvalue weighted by molar-refractivity contribution is 5.49. The maximum Gasteiger partial charge on any atom is 0.311 e. The van der Waals surface area contributed by atoms with Crippen LogP contribution in [0, 0.1) is 22.9 Å². The Bertz CT molecular complexity index is 379. The van der Waals surface area contributed by atoms with Gasteiger partial charge in [-0.3, -0.25) is 10.1 Å². The molecule has 1 rings (SSSR count). The predicted octanol–water partition coefficient (Wildman–Crippen LogP) is 2.83. The summed E-state index contributed by atoms with van der Waals surface area (Å²) < 4.78 is 18.2. The smallest absolute Gasteiger partial charge is 0.311 e. The van der Waals surface area contributed by atoms with Crippen molar-refractivity contribution in [3.63, 3.8) is 0 Å². The molecule has 0 aliphatic rings. The highest BCUT2D eigenvalue weighted by Gasteiger charge is 2.17. The second-order valence-corrected chi connectivity index (χ2v) is 3.17. The molecule has 0 radical (unpaired) electrons. The highest BCUT2D eigenvalue weighted by Crippen LogP contribution is 2.29. The minimum atomic E-state index is -0.572. The number of hydrogen-bond donors (Lipinski definition) is 0. The van der Waals surface area contributed by atoms with Crippen LogP contribution in [0.2, 0.25) is 0 Å². The molecule has 82 valence electrons. The average Bonchev–Trinajstić information content (AvgIpc) is 2.19. The quantitative estimate of drug-likeness (QED) is 0.570. The first kappa shape index (κ1) is 11.4. The van der Waals surface area contributed by atoms with Gasteiger partial charge in [0.05, 0.1) is 11.5 Å². The van der Waals surface area contributed by atoms with Gasteiger partial charge in [-0.15, -0.1) is 0 Å². The van der Waals surface area contributed by atoms with Crippen molar-refractivity contribution >= 4 is 5.69 Å². The van der Waals surface area contributed by atoms with E-state index in [-0.39, 0.29) is 17.0 Å². The zero-order chi connectivity index (χ0) is 11.4. The van der Waals surface area contributed by atoms with Crippen LogP contribution in [-0.2, 0) is 0 Å². The number of rotatable bonds is 4. The summed E-state index contributed by atoms with van der Waals surface area (Å²) in [5.41, 5.74) is 0.0490. The van der Waals surface area contributed by atoms with E-state index < -0.39 is 10.7 Å². The third kappa shape index (κ3) is 2.65. The van der Waals surface area contributed by atoms with E-state index in [1.807, 2.05) is 6.92 Å². The second kappa shape index (κ2) is 4.72. The molecule has 0 aliphatic carbocycles. The van der Waals surface area contributed by atoms with Crippen LogP contribution in [0.4, 0.5) is 10.1 Å². The van der Waals surface area contributed by atoms with Gasteiger partial charge in [-0.1, -0.05) is 6.92 Å². The minimum Gasteiger partial charge on any atom is -0.487 e. The van der Waals surface area contributed by atoms with Crippen LogP contribution in [0.1, 0.15) is 18.9 Å². The Kier molecular flexibility index (Phi) is 3.60. The van der Waals surface area contributed by atoms with Gasteiger partial charge in [0.15, 0.2) is 5.75 Å². The number of hydrogen-bond acceptors (Lipinski definition) is 3. The molecule has 4 nitrogen and oxygen atoms in total. The summed E-state index contributed by atoms with van der Waals surface area (Å²) >= 11 is 0. The minimum absolute atomic E-state index is 0.00931. The van der Waals surface area contributed by atoms with Gasteiger partial charge in [0.1, 0.15) is 5.82 Å². The third-order valence-corrected chi connectivity index (χ3v) is 1.90. The largest absolute Gasteiger partial charge is 0.487 e. The van der Waals surface area contributed by atoms with Crippen LogP contribution in [0.5, 0.6) is 5.75 Å². The number of aryl methyl sites for hydroxylation is 1. The lowest BCUT2D eigenvalue weighted by molar-refractivity contribution is -0.386. The number of nitro benzene ring substituents is 1. The first-order valence-electron chi connectivity index (χ1n) is 4.63. The van der Waals surface area contributed by atoms with Crippen molar-refractivity contribution in [2.75, 3.05) is 6.61 Å². The van der Waals surface area contributed by atoms with Gasteiger partial charge in [-0.05, 0) is 18.9 Å². The molecule has 15 heavy (non-hydrogen) atoms. The van der Waals surface area contributed by atoms with Gasteiger partial charge in [0, 0.05) is 12.1 Å². The van der Waals surface area contributed by atoms with Gasteiger partial charge in [0.2, 0.25) is 0 Å². The summed E-state index contributed by atoms with van der Waals surface area (Å²) in [6.45, 7) is 3.69. The number of ether oxygens (including phenoxy) is 1. The van der Waals surface area contributed by atoms with Crippen LogP contribution in [0.25, 0.3) is 0 Å². The van der Waals surface area contributed by atoms with E-state index in [1.54, 1.807) is 0 Å². The molecule has 0 N–H and O–H groups in total. The molecule has 1 aromatic carbocycles. The van der Waals surface area contributed by atoms with E-state index in [4.69, 9.17) is 4.74 Å². The highest BCUT2D eigenvalue weighted by atomic mass is 19.1. The first-order chi connectivity index (χ1) is 7.06. The van der Waals surface area contributed by atoms with E-state index >= 15 is 0 Å². The molecule has 0 fully saturated rings. The number of halogens is 1. The Morgan fingerprint density at radius 1 is 1.53 bits per heavy atom. The fourth-order valence-corrected chi connectivity index (χ4v) is 1.12. The van der Waals surface area contributed by atoms with Crippen LogP contribution in [0.15, 0.2) is 12.1 Å². The number of benzene rings is 1. The summed E-state index contributed by atoms with van der Waals surface area (Å²) in [6.07, 6.45) is 0.715. The van der Waals surface area contributed by atoms with Gasteiger partial charge < -0.3 is 4.74 Å². The van der Waals surface area contributed by atoms with E-state index in [1.165, 1.54) is 13.0 Å². The summed E-state index contributed by atoms with van der Waals surface area (Å²) in [5.74, 6) is -0.503. The van der Waals surface area contributed by atoms with Gasteiger partial charge in [-0.25, -0.2) is 4.39 Å². The standard InChI is InChI=1S/C10H12FNO3/c1-3-4-15-10-6-8(11)7(2)5-9(10)12(13)14/h5-6H,3-4H2,1-2H3. The Hall–Kier alpha value is -1.65. The summed E-state index contributed by atoms with van der Waals surface area (Å²) in [4.78, 5) is 10.1. The SMILES string of the molecule is CCCOc1cc(F)c(C)cc1[N+](=O)[O-].